The summed E-state index contributed by atoms with van der Waals surface area (Å²) in [5.41, 5.74) is 3.03. The minimum absolute atomic E-state index is 0.130. The van der Waals surface area contributed by atoms with Crippen LogP contribution in [0.4, 0.5) is 14.5 Å². The normalized spacial score (nSPS) is 14.1. The highest BCUT2D eigenvalue weighted by atomic mass is 32.2. The highest BCUT2D eigenvalue weighted by Crippen LogP contribution is 2.32. The van der Waals surface area contributed by atoms with Crippen LogP contribution in [0.5, 0.6) is 0 Å². The van der Waals surface area contributed by atoms with Crippen molar-refractivity contribution in [2.45, 2.75) is 31.3 Å². The zero-order valence-electron chi connectivity index (χ0n) is 19.8. The van der Waals surface area contributed by atoms with E-state index in [9.17, 15) is 26.8 Å². The van der Waals surface area contributed by atoms with Crippen molar-refractivity contribution in [3.8, 4) is 11.1 Å². The molecule has 1 amide bonds. The van der Waals surface area contributed by atoms with E-state index in [1.54, 1.807) is 24.3 Å². The lowest BCUT2D eigenvalue weighted by Gasteiger charge is -2.28. The molecule has 1 unspecified atom stereocenters. The van der Waals surface area contributed by atoms with E-state index in [1.807, 2.05) is 19.9 Å². The summed E-state index contributed by atoms with van der Waals surface area (Å²) in [5, 5.41) is 0. The predicted molar refractivity (Wildman–Crippen MR) is 130 cm³/mol. The molecule has 7 nitrogen and oxygen atoms in total. The maximum atomic E-state index is 13.9. The summed E-state index contributed by atoms with van der Waals surface area (Å²) in [6.45, 7) is 3.97. The minimum Gasteiger partial charge on any atom is -0.467 e. The Labute approximate surface area is 207 Å². The van der Waals surface area contributed by atoms with Crippen molar-refractivity contribution >= 4 is 27.6 Å². The van der Waals surface area contributed by atoms with Gasteiger partial charge in [0, 0.05) is 23.9 Å². The number of halogens is 2. The number of anilines is 1. The fourth-order valence-corrected chi connectivity index (χ4v) is 5.38. The number of sulfonamides is 1. The van der Waals surface area contributed by atoms with Crippen molar-refractivity contribution in [3.63, 3.8) is 0 Å². The Hall–Kier alpha value is -3.79. The summed E-state index contributed by atoms with van der Waals surface area (Å²) in [7, 11) is -2.96. The van der Waals surface area contributed by atoms with Gasteiger partial charge in [-0.3, -0.25) is 9.52 Å². The van der Waals surface area contributed by atoms with E-state index in [0.717, 1.165) is 28.8 Å². The second kappa shape index (κ2) is 9.69. The van der Waals surface area contributed by atoms with E-state index < -0.39 is 38.6 Å². The summed E-state index contributed by atoms with van der Waals surface area (Å²) in [5.74, 6) is -2.90. The Morgan fingerprint density at radius 2 is 1.67 bits per heavy atom. The molecule has 1 N–H and O–H groups in total. The molecule has 1 heterocycles. The Kier molecular flexibility index (Phi) is 6.81. The molecule has 0 saturated carbocycles. The number of carbonyl (C=O) groups is 2. The van der Waals surface area contributed by atoms with Crippen LogP contribution in [0, 0.1) is 17.6 Å². The van der Waals surface area contributed by atoms with Gasteiger partial charge in [0.1, 0.15) is 22.6 Å². The summed E-state index contributed by atoms with van der Waals surface area (Å²) in [6, 6.07) is 13.3. The van der Waals surface area contributed by atoms with Gasteiger partial charge in [0.2, 0.25) is 0 Å². The van der Waals surface area contributed by atoms with E-state index in [-0.39, 0.29) is 24.1 Å². The Morgan fingerprint density at radius 1 is 1.00 bits per heavy atom. The van der Waals surface area contributed by atoms with Gasteiger partial charge in [0.25, 0.3) is 15.9 Å². The fraction of sp³-hybridized carbons (Fsp3) is 0.231. The zero-order valence-corrected chi connectivity index (χ0v) is 20.6. The maximum absolute atomic E-state index is 13.9. The van der Waals surface area contributed by atoms with E-state index in [0.29, 0.717) is 11.6 Å². The smallest absolute Gasteiger partial charge is 0.328 e. The first kappa shape index (κ1) is 25.3. The Bertz CT molecular complexity index is 1440. The summed E-state index contributed by atoms with van der Waals surface area (Å²) < 4.78 is 59.3. The SMILES string of the molecule is COC(=O)C(C(C)C)N1Cc2cc(-c3ccc(NS(=O)(=O)c4ccc(F)cc4F)cc3)ccc2C1=O. The number of rotatable bonds is 7. The quantitative estimate of drug-likeness (QED) is 0.466. The first-order chi connectivity index (χ1) is 17.0. The standard InChI is InChI=1S/C26H24F2N2O5S/c1-15(2)24(26(32)35-3)30-14-18-12-17(6-10-21(18)25(30)31)16-4-8-20(9-5-16)29-36(33,34)23-11-7-19(27)13-22(23)28/h4-13,15,24,29H,14H2,1-3H3. The number of hydrogen-bond acceptors (Lipinski definition) is 5. The fourth-order valence-electron chi connectivity index (χ4n) is 4.26. The lowest BCUT2D eigenvalue weighted by atomic mass is 10.0. The molecule has 4 rings (SSSR count). The Morgan fingerprint density at radius 3 is 2.28 bits per heavy atom. The van der Waals surface area contributed by atoms with Crippen molar-refractivity contribution in [1.82, 2.24) is 4.90 Å². The summed E-state index contributed by atoms with van der Waals surface area (Å²) in [4.78, 5) is 26.1. The molecule has 0 saturated heterocycles. The lowest BCUT2D eigenvalue weighted by Crippen LogP contribution is -2.45. The molecule has 10 heteroatoms. The average Bonchev–Trinajstić information content (AvgIpc) is 3.14. The van der Waals surface area contributed by atoms with E-state index >= 15 is 0 Å². The minimum atomic E-state index is -4.26. The van der Waals surface area contributed by atoms with Crippen molar-refractivity contribution in [2.75, 3.05) is 11.8 Å². The van der Waals surface area contributed by atoms with Crippen LogP contribution in [0.2, 0.25) is 0 Å². The third-order valence-electron chi connectivity index (χ3n) is 6.00. The van der Waals surface area contributed by atoms with Gasteiger partial charge < -0.3 is 9.64 Å². The number of benzene rings is 3. The number of methoxy groups -OCH3 is 1. The molecule has 0 aromatic heterocycles. The third-order valence-corrected chi connectivity index (χ3v) is 7.42. The molecule has 3 aromatic carbocycles. The topological polar surface area (TPSA) is 92.8 Å². The van der Waals surface area contributed by atoms with Gasteiger partial charge in [-0.15, -0.1) is 0 Å². The van der Waals surface area contributed by atoms with Crippen molar-refractivity contribution in [3.05, 3.63) is 83.4 Å². The molecule has 3 aromatic rings. The highest BCUT2D eigenvalue weighted by molar-refractivity contribution is 7.92. The number of amides is 1. The van der Waals surface area contributed by atoms with Crippen LogP contribution in [0.1, 0.15) is 29.8 Å². The van der Waals surface area contributed by atoms with Gasteiger partial charge >= 0.3 is 5.97 Å². The second-order valence-corrected chi connectivity index (χ2v) is 10.4. The monoisotopic (exact) mass is 514 g/mol. The number of carbonyl (C=O) groups excluding carboxylic acids is 2. The molecule has 36 heavy (non-hydrogen) atoms. The van der Waals surface area contributed by atoms with Crippen LogP contribution in [-0.2, 0) is 26.1 Å². The van der Waals surface area contributed by atoms with Crippen molar-refractivity contribution < 1.29 is 31.5 Å². The molecule has 1 aliphatic heterocycles. The highest BCUT2D eigenvalue weighted by Gasteiger charge is 2.38. The molecule has 0 fully saturated rings. The molecule has 1 aliphatic rings. The van der Waals surface area contributed by atoms with Crippen LogP contribution in [0.25, 0.3) is 11.1 Å². The lowest BCUT2D eigenvalue weighted by molar-refractivity contribution is -0.147. The number of nitrogens with one attached hydrogen (secondary N) is 1. The number of esters is 1. The van der Waals surface area contributed by atoms with Gasteiger partial charge in [-0.2, -0.15) is 0 Å². The molecule has 188 valence electrons. The molecule has 0 spiro atoms. The maximum Gasteiger partial charge on any atom is 0.328 e. The van der Waals surface area contributed by atoms with Crippen LogP contribution < -0.4 is 4.72 Å². The van der Waals surface area contributed by atoms with E-state index in [2.05, 4.69) is 4.72 Å². The molecular weight excluding hydrogens is 490 g/mol. The average molecular weight is 515 g/mol. The first-order valence-electron chi connectivity index (χ1n) is 11.1. The van der Waals surface area contributed by atoms with Gasteiger partial charge in [0.05, 0.1) is 7.11 Å². The summed E-state index contributed by atoms with van der Waals surface area (Å²) >= 11 is 0. The zero-order chi connectivity index (χ0) is 26.2. The second-order valence-electron chi connectivity index (χ2n) is 8.77. The van der Waals surface area contributed by atoms with Crippen LogP contribution >= 0.6 is 0 Å². The van der Waals surface area contributed by atoms with Crippen molar-refractivity contribution in [1.29, 1.82) is 0 Å². The molecular formula is C26H24F2N2O5S. The first-order valence-corrected chi connectivity index (χ1v) is 12.6. The van der Waals surface area contributed by atoms with E-state index in [4.69, 9.17) is 4.74 Å². The molecule has 0 bridgehead atoms. The Balaban J connectivity index is 1.55. The van der Waals surface area contributed by atoms with Gasteiger partial charge in [-0.25, -0.2) is 22.0 Å². The van der Waals surface area contributed by atoms with Crippen molar-refractivity contribution in [2.24, 2.45) is 5.92 Å². The van der Waals surface area contributed by atoms with Gasteiger partial charge in [-0.05, 0) is 59.0 Å². The van der Waals surface area contributed by atoms with Gasteiger partial charge in [0.15, 0.2) is 0 Å². The van der Waals surface area contributed by atoms with Crippen LogP contribution in [0.15, 0.2) is 65.6 Å². The number of nitrogens with zero attached hydrogens (tertiary/aromatic N) is 1. The number of fused-ring (bicyclic) bond motifs is 1. The number of ether oxygens (including phenoxy) is 1. The summed E-state index contributed by atoms with van der Waals surface area (Å²) in [6.07, 6.45) is 0. The molecule has 0 radical (unpaired) electrons. The van der Waals surface area contributed by atoms with Crippen LogP contribution in [-0.4, -0.2) is 38.3 Å². The largest absolute Gasteiger partial charge is 0.467 e. The third kappa shape index (κ3) is 4.81. The van der Waals surface area contributed by atoms with Crippen LogP contribution in [0.3, 0.4) is 0 Å². The van der Waals surface area contributed by atoms with E-state index in [1.165, 1.54) is 24.1 Å². The molecule has 0 aliphatic carbocycles. The number of hydrogen-bond donors (Lipinski definition) is 1. The molecule has 1 atom stereocenters. The van der Waals surface area contributed by atoms with Gasteiger partial charge in [-0.1, -0.05) is 32.0 Å². The predicted octanol–water partition coefficient (Wildman–Crippen LogP) is 4.59.